The van der Waals surface area contributed by atoms with Gasteiger partial charge >= 0.3 is 0 Å². The molecule has 172 valence electrons. The summed E-state index contributed by atoms with van der Waals surface area (Å²) in [6.45, 7) is 0.464. The van der Waals surface area contributed by atoms with Gasteiger partial charge in [0.25, 0.3) is 5.91 Å². The van der Waals surface area contributed by atoms with Crippen LogP contribution in [0.25, 0.3) is 10.6 Å². The minimum atomic E-state index is -0.625. The molecule has 1 aromatic heterocycles. The Labute approximate surface area is 195 Å². The summed E-state index contributed by atoms with van der Waals surface area (Å²) in [5, 5.41) is 12.1. The van der Waals surface area contributed by atoms with E-state index in [1.165, 1.54) is 25.6 Å². The molecule has 1 aliphatic rings. The third kappa shape index (κ3) is 4.61. The number of amides is 2. The van der Waals surface area contributed by atoms with Gasteiger partial charge in [0, 0.05) is 12.1 Å². The highest BCUT2D eigenvalue weighted by Gasteiger charge is 2.37. The Morgan fingerprint density at radius 3 is 2.33 bits per heavy atom. The number of anilines is 1. The minimum absolute atomic E-state index is 0.299. The van der Waals surface area contributed by atoms with Gasteiger partial charge in [-0.2, -0.15) is 0 Å². The predicted octanol–water partition coefficient (Wildman–Crippen LogP) is 3.47. The number of nitrogens with one attached hydrogen (secondary N) is 1. The van der Waals surface area contributed by atoms with Crippen molar-refractivity contribution in [1.29, 1.82) is 0 Å². The van der Waals surface area contributed by atoms with Gasteiger partial charge in [0.05, 0.1) is 21.3 Å². The summed E-state index contributed by atoms with van der Waals surface area (Å²) in [4.78, 5) is 28.0. The van der Waals surface area contributed by atoms with Crippen LogP contribution in [0.5, 0.6) is 17.2 Å². The number of benzene rings is 2. The van der Waals surface area contributed by atoms with E-state index in [4.69, 9.17) is 14.2 Å². The summed E-state index contributed by atoms with van der Waals surface area (Å²) in [7, 11) is 4.60. The van der Waals surface area contributed by atoms with Crippen LogP contribution in [-0.2, 0) is 4.79 Å². The van der Waals surface area contributed by atoms with Crippen molar-refractivity contribution < 1.29 is 23.8 Å². The zero-order chi connectivity index (χ0) is 23.4. The standard InChI is InChI=1S/C23H24N4O5S/c1-30-15-11-9-14(10-12-15)21-25-26-23(33-21)24-20(28)16-6-5-13-27(16)22(29)19-17(31-2)7-4-8-18(19)32-3/h4,7-12,16H,5-6,13H2,1-3H3,(H,24,26,28). The van der Waals surface area contributed by atoms with Crippen LogP contribution in [-0.4, -0.2) is 60.8 Å². The van der Waals surface area contributed by atoms with Crippen molar-refractivity contribution in [2.45, 2.75) is 18.9 Å². The van der Waals surface area contributed by atoms with Crippen LogP contribution in [0.15, 0.2) is 42.5 Å². The number of hydrogen-bond donors (Lipinski definition) is 1. The van der Waals surface area contributed by atoms with Crippen LogP contribution in [0.3, 0.4) is 0 Å². The monoisotopic (exact) mass is 468 g/mol. The average Bonchev–Trinajstić information content (AvgIpc) is 3.53. The number of hydrogen-bond acceptors (Lipinski definition) is 8. The number of methoxy groups -OCH3 is 3. The number of nitrogens with zero attached hydrogens (tertiary/aromatic N) is 3. The summed E-state index contributed by atoms with van der Waals surface area (Å²) in [5.74, 6) is 0.942. The van der Waals surface area contributed by atoms with Crippen LogP contribution in [0.2, 0.25) is 0 Å². The summed E-state index contributed by atoms with van der Waals surface area (Å²) in [6.07, 6.45) is 1.27. The first kappa shape index (κ1) is 22.5. The zero-order valence-electron chi connectivity index (χ0n) is 18.5. The third-order valence-electron chi connectivity index (χ3n) is 5.45. The minimum Gasteiger partial charge on any atom is -0.497 e. The zero-order valence-corrected chi connectivity index (χ0v) is 19.3. The van der Waals surface area contributed by atoms with E-state index in [1.54, 1.807) is 30.2 Å². The Kier molecular flexibility index (Phi) is 6.74. The van der Waals surface area contributed by atoms with Gasteiger partial charge in [-0.1, -0.05) is 17.4 Å². The van der Waals surface area contributed by atoms with Crippen molar-refractivity contribution in [3.05, 3.63) is 48.0 Å². The van der Waals surface area contributed by atoms with Crippen LogP contribution >= 0.6 is 11.3 Å². The van der Waals surface area contributed by atoms with Gasteiger partial charge < -0.3 is 19.1 Å². The molecule has 10 heteroatoms. The van der Waals surface area contributed by atoms with Crippen LogP contribution < -0.4 is 19.5 Å². The first-order chi connectivity index (χ1) is 16.0. The van der Waals surface area contributed by atoms with Gasteiger partial charge in [0.2, 0.25) is 11.0 Å². The molecule has 3 aromatic rings. The maximum Gasteiger partial charge on any atom is 0.262 e. The second-order valence-corrected chi connectivity index (χ2v) is 8.30. The van der Waals surface area contributed by atoms with Crippen molar-refractivity contribution in [2.24, 2.45) is 0 Å². The molecule has 1 aliphatic heterocycles. The molecule has 2 heterocycles. The molecule has 0 aliphatic carbocycles. The SMILES string of the molecule is COc1ccc(-c2nnc(NC(=O)C3CCCN3C(=O)c3c(OC)cccc3OC)s2)cc1. The van der Waals surface area contributed by atoms with E-state index in [0.717, 1.165) is 11.3 Å². The highest BCUT2D eigenvalue weighted by atomic mass is 32.1. The third-order valence-corrected chi connectivity index (χ3v) is 6.34. The van der Waals surface area contributed by atoms with Gasteiger partial charge in [0.1, 0.15) is 33.9 Å². The van der Waals surface area contributed by atoms with Crippen molar-refractivity contribution in [3.8, 4) is 27.8 Å². The Hall–Kier alpha value is -3.66. The number of ether oxygens (including phenoxy) is 3. The smallest absolute Gasteiger partial charge is 0.262 e. The largest absolute Gasteiger partial charge is 0.497 e. The van der Waals surface area contributed by atoms with Crippen molar-refractivity contribution in [2.75, 3.05) is 33.2 Å². The average molecular weight is 469 g/mol. The lowest BCUT2D eigenvalue weighted by Gasteiger charge is -2.25. The number of likely N-dealkylation sites (tertiary alicyclic amines) is 1. The lowest BCUT2D eigenvalue weighted by molar-refractivity contribution is -0.119. The van der Waals surface area contributed by atoms with Gasteiger partial charge in [-0.15, -0.1) is 10.2 Å². The topological polar surface area (TPSA) is 103 Å². The number of carbonyl (C=O) groups excluding carboxylic acids is 2. The Balaban J connectivity index is 1.50. The van der Waals surface area contributed by atoms with E-state index >= 15 is 0 Å². The summed E-state index contributed by atoms with van der Waals surface area (Å²) < 4.78 is 15.9. The summed E-state index contributed by atoms with van der Waals surface area (Å²) >= 11 is 1.27. The van der Waals surface area contributed by atoms with Crippen LogP contribution in [0.1, 0.15) is 23.2 Å². The molecule has 9 nitrogen and oxygen atoms in total. The molecule has 1 N–H and O–H groups in total. The van der Waals surface area contributed by atoms with Crippen molar-refractivity contribution in [1.82, 2.24) is 15.1 Å². The molecule has 0 radical (unpaired) electrons. The fraction of sp³-hybridized carbons (Fsp3) is 0.304. The van der Waals surface area contributed by atoms with Crippen molar-refractivity contribution >= 4 is 28.3 Å². The Bertz CT molecular complexity index is 1130. The van der Waals surface area contributed by atoms with E-state index in [1.807, 2.05) is 24.3 Å². The van der Waals surface area contributed by atoms with Gasteiger partial charge in [0.15, 0.2) is 0 Å². The lowest BCUT2D eigenvalue weighted by Crippen LogP contribution is -2.43. The predicted molar refractivity (Wildman–Crippen MR) is 124 cm³/mol. The second kappa shape index (κ2) is 9.86. The van der Waals surface area contributed by atoms with E-state index in [9.17, 15) is 9.59 Å². The van der Waals surface area contributed by atoms with Crippen LogP contribution in [0.4, 0.5) is 5.13 Å². The molecule has 1 unspecified atom stereocenters. The maximum atomic E-state index is 13.4. The number of aromatic nitrogens is 2. The van der Waals surface area contributed by atoms with Crippen LogP contribution in [0, 0.1) is 0 Å². The number of rotatable bonds is 7. The fourth-order valence-corrected chi connectivity index (χ4v) is 4.55. The Morgan fingerprint density at radius 2 is 1.70 bits per heavy atom. The van der Waals surface area contributed by atoms with E-state index in [-0.39, 0.29) is 11.8 Å². The molecule has 4 rings (SSSR count). The second-order valence-electron chi connectivity index (χ2n) is 7.32. The molecule has 1 fully saturated rings. The van der Waals surface area contributed by atoms with E-state index in [0.29, 0.717) is 46.6 Å². The highest BCUT2D eigenvalue weighted by Crippen LogP contribution is 2.33. The first-order valence-electron chi connectivity index (χ1n) is 10.4. The molecular formula is C23H24N4O5S. The molecule has 0 bridgehead atoms. The maximum absolute atomic E-state index is 13.4. The molecule has 2 aromatic carbocycles. The molecule has 2 amide bonds. The van der Waals surface area contributed by atoms with Gasteiger partial charge in [-0.25, -0.2) is 0 Å². The quantitative estimate of drug-likeness (QED) is 0.566. The van der Waals surface area contributed by atoms with E-state index < -0.39 is 6.04 Å². The summed E-state index contributed by atoms with van der Waals surface area (Å²) in [6, 6.07) is 11.9. The van der Waals surface area contributed by atoms with Gasteiger partial charge in [-0.3, -0.25) is 14.9 Å². The molecule has 1 saturated heterocycles. The first-order valence-corrected chi connectivity index (χ1v) is 11.2. The highest BCUT2D eigenvalue weighted by molar-refractivity contribution is 7.18. The van der Waals surface area contributed by atoms with Crippen molar-refractivity contribution in [3.63, 3.8) is 0 Å². The molecule has 33 heavy (non-hydrogen) atoms. The normalized spacial score (nSPS) is 15.2. The Morgan fingerprint density at radius 1 is 1.00 bits per heavy atom. The summed E-state index contributed by atoms with van der Waals surface area (Å²) in [5.41, 5.74) is 1.18. The molecular weight excluding hydrogens is 444 g/mol. The van der Waals surface area contributed by atoms with Gasteiger partial charge in [-0.05, 0) is 49.2 Å². The lowest BCUT2D eigenvalue weighted by atomic mass is 10.1. The molecule has 0 spiro atoms. The molecule has 0 saturated carbocycles. The molecule has 1 atom stereocenters. The number of carbonyl (C=O) groups is 2. The van der Waals surface area contributed by atoms with E-state index in [2.05, 4.69) is 15.5 Å². The fourth-order valence-electron chi connectivity index (χ4n) is 3.80.